The number of ether oxygens (including phenoxy) is 2. The van der Waals surface area contributed by atoms with E-state index in [-0.39, 0.29) is 0 Å². The van der Waals surface area contributed by atoms with Crippen LogP contribution in [0.4, 0.5) is 4.79 Å². The van der Waals surface area contributed by atoms with E-state index in [0.717, 1.165) is 32.1 Å². The SMILES string of the molecule is CCCCC=CC=CC=CCCCCCCCCOC(=O)OCCCCCCCC/C=C\CCCCCC. The Morgan fingerprint density at radius 2 is 0.789 bits per heavy atom. The highest BCUT2D eigenvalue weighted by atomic mass is 16.7. The largest absolute Gasteiger partial charge is 0.508 e. The third kappa shape index (κ3) is 32.3. The van der Waals surface area contributed by atoms with E-state index in [1.165, 1.54) is 109 Å². The Hall–Kier alpha value is -1.77. The summed E-state index contributed by atoms with van der Waals surface area (Å²) in [4.78, 5) is 11.7. The van der Waals surface area contributed by atoms with E-state index in [1.54, 1.807) is 0 Å². The van der Waals surface area contributed by atoms with Gasteiger partial charge < -0.3 is 9.47 Å². The maximum absolute atomic E-state index is 11.7. The van der Waals surface area contributed by atoms with E-state index in [1.807, 2.05) is 0 Å². The fourth-order valence-electron chi connectivity index (χ4n) is 4.22. The van der Waals surface area contributed by atoms with Gasteiger partial charge in [0.15, 0.2) is 0 Å². The minimum atomic E-state index is -0.497. The van der Waals surface area contributed by atoms with E-state index >= 15 is 0 Å². The number of rotatable bonds is 28. The number of unbranched alkanes of at least 4 members (excludes halogenated alkanes) is 18. The van der Waals surface area contributed by atoms with E-state index in [2.05, 4.69) is 62.5 Å². The zero-order chi connectivity index (χ0) is 27.6. The molecule has 0 aliphatic carbocycles. The first-order valence-corrected chi connectivity index (χ1v) is 16.2. The number of carbonyl (C=O) groups is 1. The Bertz CT molecular complexity index is 588. The molecule has 0 rings (SSSR count). The summed E-state index contributed by atoms with van der Waals surface area (Å²) in [5.41, 5.74) is 0. The highest BCUT2D eigenvalue weighted by Crippen LogP contribution is 2.10. The molecule has 3 nitrogen and oxygen atoms in total. The first-order valence-electron chi connectivity index (χ1n) is 16.2. The van der Waals surface area contributed by atoms with Crippen molar-refractivity contribution in [1.29, 1.82) is 0 Å². The normalized spacial score (nSPS) is 12.1. The minimum Gasteiger partial charge on any atom is -0.434 e. The lowest BCUT2D eigenvalue weighted by atomic mass is 10.1. The van der Waals surface area contributed by atoms with Gasteiger partial charge in [0.25, 0.3) is 0 Å². The second-order valence-corrected chi connectivity index (χ2v) is 10.5. The van der Waals surface area contributed by atoms with Crippen molar-refractivity contribution in [3.05, 3.63) is 48.6 Å². The molecule has 0 spiro atoms. The van der Waals surface area contributed by atoms with Gasteiger partial charge in [-0.3, -0.25) is 0 Å². The standard InChI is InChI=1S/C35H62O3/c1-3-5-7-9-11-13-15-17-19-20-22-24-26-28-30-32-34-38-35(36)37-33-31-29-27-25-23-21-18-16-14-12-10-8-6-4-2/h9,11,13-17,19H,3-8,10,12,18,20-34H2,1-2H3/b11-9?,15-13?,16-14-,19-17?. The van der Waals surface area contributed by atoms with Gasteiger partial charge in [0.05, 0.1) is 13.2 Å². The smallest absolute Gasteiger partial charge is 0.434 e. The molecule has 0 aliphatic rings. The zero-order valence-electron chi connectivity index (χ0n) is 25.3. The average Bonchev–Trinajstić information content (AvgIpc) is 2.92. The highest BCUT2D eigenvalue weighted by Gasteiger charge is 2.03. The van der Waals surface area contributed by atoms with Crippen LogP contribution >= 0.6 is 0 Å². The third-order valence-electron chi connectivity index (χ3n) is 6.69. The topological polar surface area (TPSA) is 35.5 Å². The molecule has 0 unspecified atom stereocenters. The van der Waals surface area contributed by atoms with Crippen LogP contribution in [0.1, 0.15) is 155 Å². The highest BCUT2D eigenvalue weighted by molar-refractivity contribution is 5.59. The second-order valence-electron chi connectivity index (χ2n) is 10.5. The van der Waals surface area contributed by atoms with E-state index in [9.17, 15) is 4.79 Å². The summed E-state index contributed by atoms with van der Waals surface area (Å²) in [6.07, 6.45) is 44.2. The third-order valence-corrected chi connectivity index (χ3v) is 6.69. The van der Waals surface area contributed by atoms with Gasteiger partial charge in [-0.2, -0.15) is 0 Å². The summed E-state index contributed by atoms with van der Waals surface area (Å²) in [6, 6.07) is 0. The van der Waals surface area contributed by atoms with Crippen molar-refractivity contribution in [2.24, 2.45) is 0 Å². The average molecular weight is 531 g/mol. The molecule has 0 amide bonds. The Morgan fingerprint density at radius 3 is 1.26 bits per heavy atom. The van der Waals surface area contributed by atoms with Crippen LogP contribution in [-0.4, -0.2) is 19.4 Å². The molecule has 0 radical (unpaired) electrons. The fourth-order valence-corrected chi connectivity index (χ4v) is 4.22. The molecule has 38 heavy (non-hydrogen) atoms. The Kier molecular flexibility index (Phi) is 31.7. The molecule has 0 aromatic carbocycles. The number of hydrogen-bond donors (Lipinski definition) is 0. The molecule has 220 valence electrons. The van der Waals surface area contributed by atoms with Gasteiger partial charge >= 0.3 is 6.16 Å². The predicted octanol–water partition coefficient (Wildman–Crippen LogP) is 12.0. The van der Waals surface area contributed by atoms with Gasteiger partial charge in [-0.1, -0.05) is 146 Å². The van der Waals surface area contributed by atoms with Gasteiger partial charge in [0.2, 0.25) is 0 Å². The maximum Gasteiger partial charge on any atom is 0.508 e. The number of carbonyl (C=O) groups excluding carboxylic acids is 1. The molecule has 0 aromatic rings. The van der Waals surface area contributed by atoms with Crippen molar-refractivity contribution in [2.45, 2.75) is 155 Å². The molecular formula is C35H62O3. The molecule has 0 fully saturated rings. The van der Waals surface area contributed by atoms with Crippen molar-refractivity contribution in [1.82, 2.24) is 0 Å². The molecule has 0 heterocycles. The lowest BCUT2D eigenvalue weighted by Crippen LogP contribution is -2.09. The van der Waals surface area contributed by atoms with Crippen LogP contribution in [0.5, 0.6) is 0 Å². The van der Waals surface area contributed by atoms with E-state index in [4.69, 9.17) is 9.47 Å². The monoisotopic (exact) mass is 530 g/mol. The Morgan fingerprint density at radius 1 is 0.421 bits per heavy atom. The molecule has 0 saturated heterocycles. The summed E-state index contributed by atoms with van der Waals surface area (Å²) in [7, 11) is 0. The Balaban J connectivity index is 3.28. The first kappa shape index (κ1) is 36.2. The lowest BCUT2D eigenvalue weighted by molar-refractivity contribution is 0.0529. The summed E-state index contributed by atoms with van der Waals surface area (Å²) in [5, 5.41) is 0. The van der Waals surface area contributed by atoms with Crippen LogP contribution in [0.3, 0.4) is 0 Å². The van der Waals surface area contributed by atoms with Gasteiger partial charge in [-0.25, -0.2) is 4.79 Å². The van der Waals surface area contributed by atoms with Crippen LogP contribution in [0, 0.1) is 0 Å². The zero-order valence-corrected chi connectivity index (χ0v) is 25.3. The summed E-state index contributed by atoms with van der Waals surface area (Å²) in [5.74, 6) is 0. The molecular weight excluding hydrogens is 468 g/mol. The Labute approximate surface area is 237 Å². The second kappa shape index (κ2) is 33.3. The molecule has 3 heteroatoms. The molecule has 0 bridgehead atoms. The van der Waals surface area contributed by atoms with Crippen molar-refractivity contribution in [3.8, 4) is 0 Å². The molecule has 0 aromatic heterocycles. The predicted molar refractivity (Wildman–Crippen MR) is 167 cm³/mol. The van der Waals surface area contributed by atoms with Crippen LogP contribution in [0.25, 0.3) is 0 Å². The molecule has 0 N–H and O–H groups in total. The van der Waals surface area contributed by atoms with Gasteiger partial charge in [-0.05, 0) is 57.8 Å². The van der Waals surface area contributed by atoms with Crippen molar-refractivity contribution >= 4 is 6.16 Å². The van der Waals surface area contributed by atoms with Gasteiger partial charge in [0, 0.05) is 0 Å². The lowest BCUT2D eigenvalue weighted by Gasteiger charge is -2.06. The molecule has 0 saturated carbocycles. The summed E-state index contributed by atoms with van der Waals surface area (Å²) >= 11 is 0. The maximum atomic E-state index is 11.7. The van der Waals surface area contributed by atoms with Crippen molar-refractivity contribution in [3.63, 3.8) is 0 Å². The molecule has 0 atom stereocenters. The van der Waals surface area contributed by atoms with Crippen LogP contribution in [-0.2, 0) is 9.47 Å². The quantitative estimate of drug-likeness (QED) is 0.0436. The van der Waals surface area contributed by atoms with Crippen LogP contribution in [0.2, 0.25) is 0 Å². The minimum absolute atomic E-state index is 0.480. The first-order chi connectivity index (χ1) is 18.8. The van der Waals surface area contributed by atoms with Gasteiger partial charge in [-0.15, -0.1) is 0 Å². The summed E-state index contributed by atoms with van der Waals surface area (Å²) in [6.45, 7) is 5.45. The summed E-state index contributed by atoms with van der Waals surface area (Å²) < 4.78 is 10.4. The van der Waals surface area contributed by atoms with E-state index < -0.39 is 6.16 Å². The van der Waals surface area contributed by atoms with Gasteiger partial charge in [0.1, 0.15) is 0 Å². The number of hydrogen-bond acceptors (Lipinski definition) is 3. The molecule has 0 aliphatic heterocycles. The van der Waals surface area contributed by atoms with Crippen molar-refractivity contribution < 1.29 is 14.3 Å². The van der Waals surface area contributed by atoms with Crippen molar-refractivity contribution in [2.75, 3.05) is 13.2 Å². The van der Waals surface area contributed by atoms with Crippen LogP contribution in [0.15, 0.2) is 48.6 Å². The number of allylic oxidation sites excluding steroid dienone is 8. The van der Waals surface area contributed by atoms with E-state index in [0.29, 0.717) is 13.2 Å². The van der Waals surface area contributed by atoms with Crippen LogP contribution < -0.4 is 0 Å². The fraction of sp³-hybridized carbons (Fsp3) is 0.743.